The molecule has 12 heteroatoms. The molecule has 2 rings (SSSR count). The van der Waals surface area contributed by atoms with Crippen LogP contribution in [-0.2, 0) is 20.1 Å². The van der Waals surface area contributed by atoms with Crippen molar-refractivity contribution in [2.24, 2.45) is 0 Å². The predicted octanol–water partition coefficient (Wildman–Crippen LogP) is 0.898. The highest BCUT2D eigenvalue weighted by Gasteiger charge is 2.29. The molecule has 0 fully saturated rings. The van der Waals surface area contributed by atoms with Crippen LogP contribution in [0.3, 0.4) is 0 Å². The molecule has 0 radical (unpaired) electrons. The van der Waals surface area contributed by atoms with Crippen LogP contribution in [0.1, 0.15) is 21.5 Å². The molecule has 1 aromatic rings. The number of thiol groups is 1. The minimum atomic E-state index is -1.13. The first-order valence-electron chi connectivity index (χ1n) is 8.77. The first-order valence-corrected chi connectivity index (χ1v) is 11.0. The van der Waals surface area contributed by atoms with Crippen molar-refractivity contribution in [1.82, 2.24) is 10.6 Å². The lowest BCUT2D eigenvalue weighted by molar-refractivity contribution is -0.138. The summed E-state index contributed by atoms with van der Waals surface area (Å²) in [6, 6.07) is -0.596. The van der Waals surface area contributed by atoms with Crippen LogP contribution in [0.4, 0.5) is 0 Å². The zero-order chi connectivity index (χ0) is 22.4. The SMILES string of the molecule is COc1cc(O)c2c(c1C)C(=O)OC[C@H](NC(=O)CS)C(=S)N[C@H](C(=O)O)CSC2. The summed E-state index contributed by atoms with van der Waals surface area (Å²) < 4.78 is 10.6. The number of fused-ring (bicyclic) bond motifs is 1. The van der Waals surface area contributed by atoms with E-state index >= 15 is 0 Å². The minimum absolute atomic E-state index is 0.0249. The Morgan fingerprint density at radius 2 is 2.20 bits per heavy atom. The quantitative estimate of drug-likeness (QED) is 0.243. The van der Waals surface area contributed by atoms with Gasteiger partial charge in [-0.2, -0.15) is 24.4 Å². The van der Waals surface area contributed by atoms with E-state index in [1.54, 1.807) is 6.92 Å². The molecule has 0 aromatic heterocycles. The Kier molecular flexibility index (Phi) is 8.62. The summed E-state index contributed by atoms with van der Waals surface area (Å²) in [5.41, 5.74) is 0.913. The van der Waals surface area contributed by atoms with E-state index in [0.717, 1.165) is 0 Å². The highest BCUT2D eigenvalue weighted by Crippen LogP contribution is 2.35. The number of ether oxygens (including phenoxy) is 2. The van der Waals surface area contributed by atoms with Gasteiger partial charge in [0.2, 0.25) is 5.91 Å². The largest absolute Gasteiger partial charge is 0.507 e. The first kappa shape index (κ1) is 24.1. The van der Waals surface area contributed by atoms with Crippen molar-refractivity contribution in [2.75, 3.05) is 25.2 Å². The topological polar surface area (TPSA) is 134 Å². The summed E-state index contributed by atoms with van der Waals surface area (Å²) in [5, 5.41) is 25.2. The molecule has 1 aliphatic heterocycles. The summed E-state index contributed by atoms with van der Waals surface area (Å²) >= 11 is 10.3. The van der Waals surface area contributed by atoms with Gasteiger partial charge in [0, 0.05) is 28.7 Å². The number of nitrogens with one attached hydrogen (secondary N) is 2. The Bertz CT molecular complexity index is 863. The molecule has 9 nitrogen and oxygen atoms in total. The lowest BCUT2D eigenvalue weighted by atomic mass is 10.0. The van der Waals surface area contributed by atoms with Crippen molar-refractivity contribution in [3.05, 3.63) is 22.8 Å². The number of aliphatic carboxylic acids is 1. The van der Waals surface area contributed by atoms with Gasteiger partial charge in [0.1, 0.15) is 35.2 Å². The number of cyclic esters (lactones) is 1. The number of carboxylic acid groups (broad SMARTS) is 1. The average molecular weight is 475 g/mol. The number of carboxylic acids is 1. The van der Waals surface area contributed by atoms with Crippen LogP contribution in [0.5, 0.6) is 11.5 Å². The van der Waals surface area contributed by atoms with Crippen LogP contribution in [0.15, 0.2) is 6.07 Å². The Labute approximate surface area is 188 Å². The summed E-state index contributed by atoms with van der Waals surface area (Å²) in [5.74, 6) is -2.04. The van der Waals surface area contributed by atoms with E-state index in [1.165, 1.54) is 24.9 Å². The molecule has 1 aliphatic rings. The second-order valence-corrected chi connectivity index (χ2v) is 8.15. The average Bonchev–Trinajstić information content (AvgIpc) is 2.70. The summed E-state index contributed by atoms with van der Waals surface area (Å²) in [7, 11) is 1.41. The monoisotopic (exact) mass is 474 g/mol. The minimum Gasteiger partial charge on any atom is -0.507 e. The second kappa shape index (κ2) is 10.7. The first-order chi connectivity index (χ1) is 14.2. The van der Waals surface area contributed by atoms with Crippen molar-refractivity contribution in [2.45, 2.75) is 24.8 Å². The molecule has 2 atom stereocenters. The van der Waals surface area contributed by atoms with Gasteiger partial charge in [-0.05, 0) is 6.92 Å². The van der Waals surface area contributed by atoms with E-state index < -0.39 is 29.9 Å². The Morgan fingerprint density at radius 3 is 2.80 bits per heavy atom. The van der Waals surface area contributed by atoms with Crippen LogP contribution < -0.4 is 15.4 Å². The molecule has 4 N–H and O–H groups in total. The van der Waals surface area contributed by atoms with Gasteiger partial charge >= 0.3 is 11.9 Å². The summed E-state index contributed by atoms with van der Waals surface area (Å²) in [4.78, 5) is 36.3. The highest BCUT2D eigenvalue weighted by atomic mass is 32.2. The molecular formula is C18H22N2O7S3. The number of hydrogen-bond acceptors (Lipinski definition) is 9. The number of aromatic hydroxyl groups is 1. The number of esters is 1. The van der Waals surface area contributed by atoms with Crippen LogP contribution in [-0.4, -0.2) is 70.4 Å². The van der Waals surface area contributed by atoms with Gasteiger partial charge in [0.25, 0.3) is 0 Å². The zero-order valence-electron chi connectivity index (χ0n) is 16.3. The summed E-state index contributed by atoms with van der Waals surface area (Å²) in [6.45, 7) is 1.32. The molecule has 0 unspecified atom stereocenters. The Balaban J connectivity index is 2.47. The maximum atomic E-state index is 12.9. The summed E-state index contributed by atoms with van der Waals surface area (Å²) in [6.07, 6.45) is 0. The third kappa shape index (κ3) is 5.70. The number of phenols is 1. The van der Waals surface area contributed by atoms with Crippen molar-refractivity contribution < 1.29 is 34.1 Å². The number of carbonyl (C=O) groups is 3. The number of amides is 1. The molecule has 1 aromatic carbocycles. The maximum Gasteiger partial charge on any atom is 0.339 e. The molecule has 0 bridgehead atoms. The normalized spacial score (nSPS) is 20.0. The van der Waals surface area contributed by atoms with Crippen LogP contribution in [0, 0.1) is 6.92 Å². The van der Waals surface area contributed by atoms with Gasteiger partial charge < -0.3 is 30.3 Å². The van der Waals surface area contributed by atoms with Crippen LogP contribution in [0.25, 0.3) is 0 Å². The van der Waals surface area contributed by atoms with E-state index in [4.69, 9.17) is 21.7 Å². The number of hydrogen-bond donors (Lipinski definition) is 5. The Morgan fingerprint density at radius 1 is 1.50 bits per heavy atom. The number of methoxy groups -OCH3 is 1. The van der Waals surface area contributed by atoms with Crippen molar-refractivity contribution in [3.8, 4) is 11.5 Å². The molecule has 0 spiro atoms. The van der Waals surface area contributed by atoms with E-state index in [1.807, 2.05) is 0 Å². The molecular weight excluding hydrogens is 452 g/mol. The van der Waals surface area contributed by atoms with E-state index in [9.17, 15) is 24.6 Å². The maximum absolute atomic E-state index is 12.9. The molecule has 164 valence electrons. The molecule has 30 heavy (non-hydrogen) atoms. The van der Waals surface area contributed by atoms with Gasteiger partial charge in [0.05, 0.1) is 18.4 Å². The van der Waals surface area contributed by atoms with E-state index in [2.05, 4.69) is 23.3 Å². The third-order valence-electron chi connectivity index (χ3n) is 4.37. The van der Waals surface area contributed by atoms with E-state index in [0.29, 0.717) is 16.9 Å². The molecule has 0 saturated carbocycles. The Hall–Kier alpha value is -2.18. The second-order valence-electron chi connectivity index (χ2n) is 6.37. The number of thiocarbonyl (C=S) groups is 1. The smallest absolute Gasteiger partial charge is 0.339 e. The predicted molar refractivity (Wildman–Crippen MR) is 119 cm³/mol. The number of benzene rings is 1. The van der Waals surface area contributed by atoms with Gasteiger partial charge in [0.15, 0.2) is 0 Å². The molecule has 1 heterocycles. The van der Waals surface area contributed by atoms with Gasteiger partial charge in [-0.25, -0.2) is 9.59 Å². The fourth-order valence-electron chi connectivity index (χ4n) is 2.81. The molecule has 0 aliphatic carbocycles. The zero-order valence-corrected chi connectivity index (χ0v) is 18.8. The fourth-order valence-corrected chi connectivity index (χ4v) is 4.25. The van der Waals surface area contributed by atoms with Crippen LogP contribution >= 0.6 is 36.6 Å². The number of thioether (sulfide) groups is 1. The van der Waals surface area contributed by atoms with E-state index in [-0.39, 0.29) is 40.2 Å². The number of carbonyl (C=O) groups excluding carboxylic acids is 2. The van der Waals surface area contributed by atoms with Gasteiger partial charge in [-0.3, -0.25) is 4.79 Å². The third-order valence-corrected chi connectivity index (χ3v) is 6.12. The molecule has 1 amide bonds. The number of rotatable bonds is 4. The van der Waals surface area contributed by atoms with Gasteiger partial charge in [-0.15, -0.1) is 0 Å². The molecule has 0 saturated heterocycles. The number of phenolic OH excluding ortho intramolecular Hbond substituents is 1. The standard InChI is InChI=1S/C18H22N2O7S3/c1-8-13(26-2)3-12(21)9-6-30-7-11(17(23)24)20-16(29)10(19-14(22)5-28)4-27-18(25)15(8)9/h3,10-11,21,28H,4-7H2,1-2H3,(H,19,22)(H,20,29)(H,23,24)/t10-,11-/m0/s1. The lowest BCUT2D eigenvalue weighted by Gasteiger charge is -2.25. The van der Waals surface area contributed by atoms with Crippen molar-refractivity contribution in [3.63, 3.8) is 0 Å². The fraction of sp³-hybridized carbons (Fsp3) is 0.444. The lowest BCUT2D eigenvalue weighted by Crippen LogP contribution is -2.53. The highest BCUT2D eigenvalue weighted by molar-refractivity contribution is 7.98. The van der Waals surface area contributed by atoms with Gasteiger partial charge in [-0.1, -0.05) is 12.2 Å². The van der Waals surface area contributed by atoms with Crippen LogP contribution in [0.2, 0.25) is 0 Å². The van der Waals surface area contributed by atoms with Crippen molar-refractivity contribution in [1.29, 1.82) is 0 Å². The van der Waals surface area contributed by atoms with Crippen molar-refractivity contribution >= 4 is 59.4 Å².